The molecule has 0 aliphatic rings. The van der Waals surface area contributed by atoms with Crippen molar-refractivity contribution in [2.75, 3.05) is 0 Å². The summed E-state index contributed by atoms with van der Waals surface area (Å²) in [4.78, 5) is 33.7. The Labute approximate surface area is 106 Å². The maximum atomic E-state index is 11.3. The fourth-order valence-electron chi connectivity index (χ4n) is 2.10. The molecule has 0 bridgehead atoms. The fourth-order valence-corrected chi connectivity index (χ4v) is 2.10. The molecule has 1 unspecified atom stereocenters. The van der Waals surface area contributed by atoms with E-state index in [1.807, 2.05) is 6.92 Å². The van der Waals surface area contributed by atoms with E-state index in [1.165, 1.54) is 0 Å². The second-order valence-corrected chi connectivity index (χ2v) is 4.23. The Morgan fingerprint density at radius 1 is 1.28 bits per heavy atom. The number of carbonyl (C=O) groups is 3. The minimum absolute atomic E-state index is 0.246. The first kappa shape index (κ1) is 14.1. The van der Waals surface area contributed by atoms with E-state index in [-0.39, 0.29) is 12.6 Å². The van der Waals surface area contributed by atoms with Crippen LogP contribution in [0.3, 0.4) is 0 Å². The van der Waals surface area contributed by atoms with Crippen LogP contribution in [0.15, 0.2) is 30.3 Å². The van der Waals surface area contributed by atoms with Crippen molar-refractivity contribution in [3.8, 4) is 0 Å². The Bertz CT molecular complexity index is 417. The zero-order valence-corrected chi connectivity index (χ0v) is 10.2. The summed E-state index contributed by atoms with van der Waals surface area (Å²) in [7, 11) is 0. The molecule has 0 aliphatic heterocycles. The standard InChI is InChI=1S/C14H16O4/c1-2-6-12(11-7-4-3-5-8-11)14(9-15,10-16)13(17)18/h3-5,7-10,12H,2,6H2,1H3,(H,17,18). The summed E-state index contributed by atoms with van der Waals surface area (Å²) in [5.41, 5.74) is -1.29. The van der Waals surface area contributed by atoms with Crippen LogP contribution in [0, 0.1) is 5.41 Å². The molecule has 0 aromatic heterocycles. The second-order valence-electron chi connectivity index (χ2n) is 4.23. The van der Waals surface area contributed by atoms with E-state index in [0.717, 1.165) is 0 Å². The largest absolute Gasteiger partial charge is 0.480 e. The van der Waals surface area contributed by atoms with E-state index in [1.54, 1.807) is 30.3 Å². The second kappa shape index (κ2) is 6.10. The quantitative estimate of drug-likeness (QED) is 0.592. The predicted octanol–water partition coefficient (Wildman–Crippen LogP) is 2.04. The molecule has 0 spiro atoms. The molecule has 1 rings (SSSR count). The molecule has 1 atom stereocenters. The Balaban J connectivity index is 3.30. The summed E-state index contributed by atoms with van der Waals surface area (Å²) in [6.07, 6.45) is 1.65. The topological polar surface area (TPSA) is 71.4 Å². The minimum atomic E-state index is -1.99. The maximum Gasteiger partial charge on any atom is 0.324 e. The number of rotatable bonds is 7. The molecule has 1 aromatic carbocycles. The normalized spacial score (nSPS) is 12.7. The van der Waals surface area contributed by atoms with Gasteiger partial charge in [-0.2, -0.15) is 0 Å². The van der Waals surface area contributed by atoms with Crippen molar-refractivity contribution >= 4 is 18.5 Å². The van der Waals surface area contributed by atoms with E-state index in [4.69, 9.17) is 0 Å². The molecule has 4 heteroatoms. The van der Waals surface area contributed by atoms with E-state index in [2.05, 4.69) is 0 Å². The molecule has 0 amide bonds. The third-order valence-electron chi connectivity index (χ3n) is 3.12. The first-order valence-corrected chi connectivity index (χ1v) is 5.83. The molecule has 0 saturated carbocycles. The summed E-state index contributed by atoms with van der Waals surface area (Å²) in [6.45, 7) is 1.89. The number of hydrogen-bond acceptors (Lipinski definition) is 3. The third kappa shape index (κ3) is 2.47. The molecule has 4 nitrogen and oxygen atoms in total. The Kier molecular flexibility index (Phi) is 4.77. The van der Waals surface area contributed by atoms with Gasteiger partial charge in [0.05, 0.1) is 0 Å². The van der Waals surface area contributed by atoms with Crippen LogP contribution in [0.2, 0.25) is 0 Å². The number of aliphatic carboxylic acids is 1. The third-order valence-corrected chi connectivity index (χ3v) is 3.12. The minimum Gasteiger partial charge on any atom is -0.480 e. The summed E-state index contributed by atoms with van der Waals surface area (Å²) in [6, 6.07) is 8.81. The lowest BCUT2D eigenvalue weighted by Gasteiger charge is -2.27. The molecule has 0 aliphatic carbocycles. The maximum absolute atomic E-state index is 11.3. The first-order chi connectivity index (χ1) is 8.62. The number of carbonyl (C=O) groups excluding carboxylic acids is 2. The number of benzene rings is 1. The number of carboxylic acids is 1. The van der Waals surface area contributed by atoms with Gasteiger partial charge in [0.2, 0.25) is 0 Å². The van der Waals surface area contributed by atoms with Gasteiger partial charge in [-0.1, -0.05) is 43.7 Å². The van der Waals surface area contributed by atoms with Crippen LogP contribution < -0.4 is 0 Å². The van der Waals surface area contributed by atoms with Crippen molar-refractivity contribution in [3.05, 3.63) is 35.9 Å². The van der Waals surface area contributed by atoms with Gasteiger partial charge in [-0.05, 0) is 12.0 Å². The van der Waals surface area contributed by atoms with Crippen molar-refractivity contribution in [2.45, 2.75) is 25.7 Å². The Morgan fingerprint density at radius 3 is 2.22 bits per heavy atom. The summed E-state index contributed by atoms with van der Waals surface area (Å²) < 4.78 is 0. The van der Waals surface area contributed by atoms with Crippen LogP contribution in [0.5, 0.6) is 0 Å². The van der Waals surface area contributed by atoms with Crippen molar-refractivity contribution in [1.29, 1.82) is 0 Å². The van der Waals surface area contributed by atoms with Gasteiger partial charge in [0.15, 0.2) is 5.41 Å². The van der Waals surface area contributed by atoms with Crippen LogP contribution >= 0.6 is 0 Å². The molecule has 0 heterocycles. The van der Waals surface area contributed by atoms with Crippen molar-refractivity contribution < 1.29 is 19.5 Å². The highest BCUT2D eigenvalue weighted by Crippen LogP contribution is 2.37. The van der Waals surface area contributed by atoms with Gasteiger partial charge in [-0.25, -0.2) is 0 Å². The smallest absolute Gasteiger partial charge is 0.324 e. The lowest BCUT2D eigenvalue weighted by atomic mass is 9.72. The Hall–Kier alpha value is -1.97. The highest BCUT2D eigenvalue weighted by atomic mass is 16.4. The average Bonchev–Trinajstić information content (AvgIpc) is 2.40. The van der Waals surface area contributed by atoms with Gasteiger partial charge in [0.1, 0.15) is 12.6 Å². The molecule has 96 valence electrons. The fraction of sp³-hybridized carbons (Fsp3) is 0.357. The molecular weight excluding hydrogens is 232 g/mol. The Morgan fingerprint density at radius 2 is 1.83 bits per heavy atom. The van der Waals surface area contributed by atoms with Crippen LogP contribution in [0.1, 0.15) is 31.2 Å². The molecule has 0 fully saturated rings. The van der Waals surface area contributed by atoms with Gasteiger partial charge in [-0.3, -0.25) is 4.79 Å². The van der Waals surface area contributed by atoms with Crippen molar-refractivity contribution in [3.63, 3.8) is 0 Å². The van der Waals surface area contributed by atoms with Crippen LogP contribution in [0.25, 0.3) is 0 Å². The molecule has 0 saturated heterocycles. The van der Waals surface area contributed by atoms with Crippen LogP contribution in [-0.2, 0) is 14.4 Å². The summed E-state index contributed by atoms with van der Waals surface area (Å²) >= 11 is 0. The van der Waals surface area contributed by atoms with Gasteiger partial charge >= 0.3 is 5.97 Å². The molecule has 1 aromatic rings. The van der Waals surface area contributed by atoms with Crippen molar-refractivity contribution in [2.24, 2.45) is 5.41 Å². The van der Waals surface area contributed by atoms with Gasteiger partial charge in [-0.15, -0.1) is 0 Å². The zero-order valence-electron chi connectivity index (χ0n) is 10.2. The highest BCUT2D eigenvalue weighted by Gasteiger charge is 2.46. The van der Waals surface area contributed by atoms with E-state index in [0.29, 0.717) is 18.4 Å². The van der Waals surface area contributed by atoms with E-state index < -0.39 is 17.3 Å². The van der Waals surface area contributed by atoms with E-state index >= 15 is 0 Å². The van der Waals surface area contributed by atoms with Gasteiger partial charge < -0.3 is 14.7 Å². The number of hydrogen-bond donors (Lipinski definition) is 1. The zero-order chi connectivity index (χ0) is 13.6. The molecule has 1 N–H and O–H groups in total. The average molecular weight is 248 g/mol. The highest BCUT2D eigenvalue weighted by molar-refractivity contribution is 6.08. The molecule has 18 heavy (non-hydrogen) atoms. The predicted molar refractivity (Wildman–Crippen MR) is 66.3 cm³/mol. The lowest BCUT2D eigenvalue weighted by molar-refractivity contribution is -0.154. The van der Waals surface area contributed by atoms with Gasteiger partial charge in [0, 0.05) is 5.92 Å². The van der Waals surface area contributed by atoms with E-state index in [9.17, 15) is 19.5 Å². The first-order valence-electron chi connectivity index (χ1n) is 5.83. The summed E-state index contributed by atoms with van der Waals surface area (Å²) in [5, 5.41) is 9.22. The summed E-state index contributed by atoms with van der Waals surface area (Å²) in [5.74, 6) is -2.02. The van der Waals surface area contributed by atoms with Crippen LogP contribution in [0.4, 0.5) is 0 Å². The van der Waals surface area contributed by atoms with Crippen molar-refractivity contribution in [1.82, 2.24) is 0 Å². The molecule has 0 radical (unpaired) electrons. The van der Waals surface area contributed by atoms with Gasteiger partial charge in [0.25, 0.3) is 0 Å². The number of carboxylic acid groups (broad SMARTS) is 1. The molecular formula is C14H16O4. The SMILES string of the molecule is CCCC(c1ccccc1)C(C=O)(C=O)C(=O)O. The number of aldehydes is 2. The van der Waals surface area contributed by atoms with Crippen LogP contribution in [-0.4, -0.2) is 23.6 Å². The lowest BCUT2D eigenvalue weighted by Crippen LogP contribution is -2.40. The monoisotopic (exact) mass is 248 g/mol.